The van der Waals surface area contributed by atoms with Gasteiger partial charge < -0.3 is 14.1 Å². The molecule has 1 aromatic rings. The normalized spacial score (nSPS) is 23.6. The van der Waals surface area contributed by atoms with E-state index in [2.05, 4.69) is 90.4 Å². The Morgan fingerprint density at radius 1 is 0.971 bits per heavy atom. The van der Waals surface area contributed by atoms with Gasteiger partial charge in [-0.1, -0.05) is 66.0 Å². The van der Waals surface area contributed by atoms with Gasteiger partial charge in [0.2, 0.25) is 0 Å². The fourth-order valence-electron chi connectivity index (χ4n) is 6.94. The Hall–Kier alpha value is -0.753. The molecule has 2 atom stereocenters. The van der Waals surface area contributed by atoms with Crippen molar-refractivity contribution in [2.24, 2.45) is 0 Å². The van der Waals surface area contributed by atoms with Gasteiger partial charge in [-0.3, -0.25) is 4.90 Å². The molecule has 3 rings (SSSR count). The number of likely N-dealkylation sites (N-methyl/N-ethyl adjacent to an activating group) is 1. The van der Waals surface area contributed by atoms with Crippen LogP contribution in [-0.4, -0.2) is 57.6 Å². The Kier molecular flexibility index (Phi) is 9.09. The van der Waals surface area contributed by atoms with E-state index in [0.717, 1.165) is 12.3 Å². The molecule has 194 valence electrons. The topological polar surface area (TPSA) is 24.9 Å². The van der Waals surface area contributed by atoms with Gasteiger partial charge in [0.25, 0.3) is 0 Å². The molecule has 1 aliphatic heterocycles. The summed E-state index contributed by atoms with van der Waals surface area (Å²) in [7, 11) is 0.437. The standard InChI is InChI=1S/C28H49ClN2O2Si/c1-20(2)34(21(3)4,22(5)6)33-17-16-32-27-15-14-23(18-24(27)29)31-19-28(7,8)30(9)25-12-10-11-13-26(25)31/h14-15,18,20-22,25-26H,10-13,16-17,19H2,1-9H3/t25-,26+/m1/s1. The van der Waals surface area contributed by atoms with Crippen LogP contribution >= 0.6 is 11.6 Å². The van der Waals surface area contributed by atoms with Crippen LogP contribution in [0.5, 0.6) is 5.75 Å². The molecule has 6 heteroatoms. The Morgan fingerprint density at radius 2 is 1.56 bits per heavy atom. The maximum absolute atomic E-state index is 6.75. The average molecular weight is 509 g/mol. The van der Waals surface area contributed by atoms with Gasteiger partial charge in [0, 0.05) is 29.9 Å². The fraction of sp³-hybridized carbons (Fsp3) is 0.786. The van der Waals surface area contributed by atoms with E-state index < -0.39 is 8.32 Å². The fourth-order valence-corrected chi connectivity index (χ4v) is 12.6. The number of ether oxygens (including phenoxy) is 1. The molecule has 0 radical (unpaired) electrons. The Bertz CT molecular complexity index is 792. The summed E-state index contributed by atoms with van der Waals surface area (Å²) < 4.78 is 12.8. The minimum Gasteiger partial charge on any atom is -0.490 e. The van der Waals surface area contributed by atoms with Crippen LogP contribution in [0.3, 0.4) is 0 Å². The van der Waals surface area contributed by atoms with Crippen molar-refractivity contribution in [3.05, 3.63) is 23.2 Å². The molecule has 4 nitrogen and oxygen atoms in total. The molecule has 0 N–H and O–H groups in total. The van der Waals surface area contributed by atoms with Crippen LogP contribution in [0.1, 0.15) is 81.1 Å². The highest BCUT2D eigenvalue weighted by atomic mass is 35.5. The van der Waals surface area contributed by atoms with E-state index in [0.29, 0.717) is 46.9 Å². The molecule has 0 amide bonds. The first-order chi connectivity index (χ1) is 15.9. The number of hydrogen-bond donors (Lipinski definition) is 0. The third kappa shape index (κ3) is 5.48. The van der Waals surface area contributed by atoms with Crippen molar-refractivity contribution in [1.29, 1.82) is 0 Å². The lowest BCUT2D eigenvalue weighted by Gasteiger charge is -2.57. The monoisotopic (exact) mass is 508 g/mol. The maximum Gasteiger partial charge on any atom is 0.200 e. The van der Waals surface area contributed by atoms with E-state index >= 15 is 0 Å². The minimum absolute atomic E-state index is 0.136. The molecule has 1 aliphatic carbocycles. The summed E-state index contributed by atoms with van der Waals surface area (Å²) >= 11 is 6.75. The number of rotatable bonds is 9. The number of piperazine rings is 1. The summed E-state index contributed by atoms with van der Waals surface area (Å²) in [5, 5.41) is 0.696. The van der Waals surface area contributed by atoms with E-state index in [9.17, 15) is 0 Å². The van der Waals surface area contributed by atoms with Crippen molar-refractivity contribution < 1.29 is 9.16 Å². The average Bonchev–Trinajstić information content (AvgIpc) is 2.76. The van der Waals surface area contributed by atoms with Crippen LogP contribution in [0.4, 0.5) is 5.69 Å². The molecule has 0 unspecified atom stereocenters. The van der Waals surface area contributed by atoms with E-state index in [1.165, 1.54) is 31.4 Å². The van der Waals surface area contributed by atoms with Crippen LogP contribution < -0.4 is 9.64 Å². The van der Waals surface area contributed by atoms with Gasteiger partial charge in [-0.15, -0.1) is 0 Å². The van der Waals surface area contributed by atoms with Gasteiger partial charge in [0.1, 0.15) is 12.4 Å². The van der Waals surface area contributed by atoms with Gasteiger partial charge in [0.05, 0.1) is 11.6 Å². The molecule has 0 aromatic heterocycles. The lowest BCUT2D eigenvalue weighted by molar-refractivity contribution is 0.0337. The van der Waals surface area contributed by atoms with Gasteiger partial charge in [0.15, 0.2) is 8.32 Å². The van der Waals surface area contributed by atoms with E-state index in [1.54, 1.807) is 0 Å². The predicted molar refractivity (Wildman–Crippen MR) is 149 cm³/mol. The second-order valence-corrected chi connectivity index (χ2v) is 18.0. The van der Waals surface area contributed by atoms with Crippen LogP contribution in [0.2, 0.25) is 21.6 Å². The molecule has 1 saturated heterocycles. The van der Waals surface area contributed by atoms with Crippen LogP contribution in [0, 0.1) is 0 Å². The summed E-state index contributed by atoms with van der Waals surface area (Å²) in [4.78, 5) is 5.22. The molecular formula is C28H49ClN2O2Si. The molecule has 1 saturated carbocycles. The number of benzene rings is 1. The molecule has 1 heterocycles. The molecule has 2 fully saturated rings. The lowest BCUT2D eigenvalue weighted by atomic mass is 9.81. The van der Waals surface area contributed by atoms with Gasteiger partial charge >= 0.3 is 0 Å². The maximum atomic E-state index is 6.75. The quantitative estimate of drug-likeness (QED) is 0.251. The van der Waals surface area contributed by atoms with Crippen molar-refractivity contribution in [1.82, 2.24) is 4.90 Å². The second-order valence-electron chi connectivity index (χ2n) is 12.1. The van der Waals surface area contributed by atoms with Crippen molar-refractivity contribution in [2.75, 3.05) is 31.7 Å². The Balaban J connectivity index is 1.67. The number of hydrogen-bond acceptors (Lipinski definition) is 4. The zero-order valence-electron chi connectivity index (χ0n) is 23.2. The third-order valence-electron chi connectivity index (χ3n) is 8.75. The van der Waals surface area contributed by atoms with Crippen molar-refractivity contribution >= 4 is 25.6 Å². The van der Waals surface area contributed by atoms with Gasteiger partial charge in [-0.2, -0.15) is 0 Å². The number of halogens is 1. The highest BCUT2D eigenvalue weighted by Gasteiger charge is 2.46. The van der Waals surface area contributed by atoms with E-state index in [-0.39, 0.29) is 5.54 Å². The second kappa shape index (κ2) is 11.1. The Labute approximate surface area is 215 Å². The van der Waals surface area contributed by atoms with Crippen LogP contribution in [0.25, 0.3) is 0 Å². The summed E-state index contributed by atoms with van der Waals surface area (Å²) in [6.45, 7) is 20.8. The molecule has 1 aromatic carbocycles. The van der Waals surface area contributed by atoms with Gasteiger partial charge in [-0.25, -0.2) is 0 Å². The summed E-state index contributed by atoms with van der Waals surface area (Å²) in [5.41, 5.74) is 3.08. The molecule has 0 bridgehead atoms. The third-order valence-corrected chi connectivity index (χ3v) is 15.2. The van der Waals surface area contributed by atoms with Crippen molar-refractivity contribution in [2.45, 2.75) is 115 Å². The minimum atomic E-state index is -1.87. The predicted octanol–water partition coefficient (Wildman–Crippen LogP) is 7.75. The zero-order chi connectivity index (χ0) is 25.3. The van der Waals surface area contributed by atoms with Crippen LogP contribution in [0.15, 0.2) is 18.2 Å². The smallest absolute Gasteiger partial charge is 0.200 e. The first-order valence-corrected chi connectivity index (χ1v) is 16.0. The first kappa shape index (κ1) is 27.8. The number of anilines is 1. The van der Waals surface area contributed by atoms with Crippen molar-refractivity contribution in [3.8, 4) is 5.75 Å². The summed E-state index contributed by atoms with van der Waals surface area (Å²) in [6, 6.07) is 7.53. The number of nitrogens with zero attached hydrogens (tertiary/aromatic N) is 2. The highest BCUT2D eigenvalue weighted by Crippen LogP contribution is 2.43. The first-order valence-electron chi connectivity index (χ1n) is 13.5. The largest absolute Gasteiger partial charge is 0.490 e. The van der Waals surface area contributed by atoms with Gasteiger partial charge in [-0.05, 0) is 68.6 Å². The summed E-state index contributed by atoms with van der Waals surface area (Å²) in [6.07, 6.45) is 5.18. The highest BCUT2D eigenvalue weighted by molar-refractivity contribution is 6.77. The number of fused-ring (bicyclic) bond motifs is 1. The van der Waals surface area contributed by atoms with Crippen LogP contribution in [-0.2, 0) is 4.43 Å². The van der Waals surface area contributed by atoms with Crippen molar-refractivity contribution in [3.63, 3.8) is 0 Å². The lowest BCUT2D eigenvalue weighted by Crippen LogP contribution is -2.67. The van der Waals surface area contributed by atoms with E-state index in [4.69, 9.17) is 20.8 Å². The SMILES string of the molecule is CC(C)[Si](OCCOc1ccc(N2CC(C)(C)N(C)[C@@H]3CCCC[C@@H]32)cc1Cl)(C(C)C)C(C)C. The molecule has 0 spiro atoms. The molecule has 2 aliphatic rings. The molecular weight excluding hydrogens is 460 g/mol. The Morgan fingerprint density at radius 3 is 2.12 bits per heavy atom. The molecule has 34 heavy (non-hydrogen) atoms. The zero-order valence-corrected chi connectivity index (χ0v) is 24.9. The van der Waals surface area contributed by atoms with E-state index in [1.807, 2.05) is 0 Å². The summed E-state index contributed by atoms with van der Waals surface area (Å²) in [5.74, 6) is 0.758.